The molecular formula is C28H23ClN4O. The van der Waals surface area contributed by atoms with Gasteiger partial charge in [-0.25, -0.2) is 9.97 Å². The van der Waals surface area contributed by atoms with Crippen LogP contribution in [-0.4, -0.2) is 21.6 Å². The first-order valence-corrected chi connectivity index (χ1v) is 11.4. The zero-order valence-corrected chi connectivity index (χ0v) is 19.4. The SMILES string of the molecule is CNc1cccc(Cn2c(-c3ccc(Oc4ccccn4)cc3)ccc2-c2ccccc2Cl)n1. The first kappa shape index (κ1) is 21.7. The van der Waals surface area contributed by atoms with Crippen molar-refractivity contribution in [2.45, 2.75) is 6.54 Å². The van der Waals surface area contributed by atoms with Gasteiger partial charge in [0.2, 0.25) is 5.88 Å². The fourth-order valence-corrected chi connectivity index (χ4v) is 4.12. The largest absolute Gasteiger partial charge is 0.439 e. The van der Waals surface area contributed by atoms with Crippen LogP contribution in [0.5, 0.6) is 11.6 Å². The maximum atomic E-state index is 6.57. The molecule has 0 aliphatic heterocycles. The Morgan fingerprint density at radius 2 is 1.62 bits per heavy atom. The molecule has 0 saturated carbocycles. The molecule has 5 nitrogen and oxygen atoms in total. The highest BCUT2D eigenvalue weighted by atomic mass is 35.5. The zero-order valence-electron chi connectivity index (χ0n) is 18.6. The summed E-state index contributed by atoms with van der Waals surface area (Å²) in [5, 5.41) is 3.83. The maximum absolute atomic E-state index is 6.57. The van der Waals surface area contributed by atoms with E-state index in [-0.39, 0.29) is 0 Å². The highest BCUT2D eigenvalue weighted by molar-refractivity contribution is 6.33. The lowest BCUT2D eigenvalue weighted by molar-refractivity contribution is 0.463. The molecule has 3 aromatic heterocycles. The lowest BCUT2D eigenvalue weighted by atomic mass is 10.1. The molecule has 0 unspecified atom stereocenters. The lowest BCUT2D eigenvalue weighted by Crippen LogP contribution is -2.06. The fourth-order valence-electron chi connectivity index (χ4n) is 3.88. The number of nitrogens with one attached hydrogen (secondary N) is 1. The van der Waals surface area contributed by atoms with Gasteiger partial charge < -0.3 is 14.6 Å². The summed E-state index contributed by atoms with van der Waals surface area (Å²) >= 11 is 6.57. The predicted octanol–water partition coefficient (Wildman–Crippen LogP) is 7.15. The van der Waals surface area contributed by atoms with Gasteiger partial charge in [0.05, 0.1) is 17.9 Å². The molecule has 0 radical (unpaired) electrons. The van der Waals surface area contributed by atoms with Gasteiger partial charge in [0.1, 0.15) is 11.6 Å². The molecular weight excluding hydrogens is 444 g/mol. The summed E-state index contributed by atoms with van der Waals surface area (Å²) in [5.74, 6) is 2.13. The number of nitrogens with zero attached hydrogens (tertiary/aromatic N) is 3. The van der Waals surface area contributed by atoms with Crippen LogP contribution in [0.4, 0.5) is 5.82 Å². The van der Waals surface area contributed by atoms with Crippen molar-refractivity contribution >= 4 is 17.4 Å². The van der Waals surface area contributed by atoms with Gasteiger partial charge in [-0.2, -0.15) is 0 Å². The molecule has 2 aromatic carbocycles. The fraction of sp³-hybridized carbons (Fsp3) is 0.0714. The molecule has 3 heterocycles. The smallest absolute Gasteiger partial charge is 0.219 e. The van der Waals surface area contributed by atoms with E-state index in [0.717, 1.165) is 39.8 Å². The first-order chi connectivity index (χ1) is 16.7. The second-order valence-corrected chi connectivity index (χ2v) is 8.14. The summed E-state index contributed by atoms with van der Waals surface area (Å²) in [6.07, 6.45) is 1.71. The van der Waals surface area contributed by atoms with Gasteiger partial charge in [-0.05, 0) is 66.2 Å². The molecule has 0 aliphatic rings. The predicted molar refractivity (Wildman–Crippen MR) is 138 cm³/mol. The lowest BCUT2D eigenvalue weighted by Gasteiger charge is -2.15. The molecule has 5 rings (SSSR count). The summed E-state index contributed by atoms with van der Waals surface area (Å²) in [6, 6.07) is 31.7. The zero-order chi connectivity index (χ0) is 23.3. The molecule has 0 bridgehead atoms. The molecule has 34 heavy (non-hydrogen) atoms. The van der Waals surface area contributed by atoms with E-state index in [9.17, 15) is 0 Å². The third kappa shape index (κ3) is 4.65. The van der Waals surface area contributed by atoms with Crippen LogP contribution >= 0.6 is 11.6 Å². The summed E-state index contributed by atoms with van der Waals surface area (Å²) in [6.45, 7) is 0.602. The van der Waals surface area contributed by atoms with Crippen molar-refractivity contribution in [3.63, 3.8) is 0 Å². The van der Waals surface area contributed by atoms with Gasteiger partial charge in [0.15, 0.2) is 0 Å². The van der Waals surface area contributed by atoms with Gasteiger partial charge >= 0.3 is 0 Å². The van der Waals surface area contributed by atoms with E-state index in [1.807, 2.05) is 79.8 Å². The van der Waals surface area contributed by atoms with Crippen LogP contribution in [0.1, 0.15) is 5.69 Å². The van der Waals surface area contributed by atoms with Crippen LogP contribution in [0.2, 0.25) is 5.02 Å². The van der Waals surface area contributed by atoms with Gasteiger partial charge in [-0.1, -0.05) is 41.9 Å². The highest BCUT2D eigenvalue weighted by Crippen LogP contribution is 2.34. The van der Waals surface area contributed by atoms with E-state index in [1.165, 1.54) is 0 Å². The number of anilines is 1. The highest BCUT2D eigenvalue weighted by Gasteiger charge is 2.15. The normalized spacial score (nSPS) is 10.8. The first-order valence-electron chi connectivity index (χ1n) is 11.0. The minimum atomic E-state index is 0.565. The number of aromatic nitrogens is 3. The maximum Gasteiger partial charge on any atom is 0.219 e. The summed E-state index contributed by atoms with van der Waals surface area (Å²) in [5.41, 5.74) is 5.10. The Kier molecular flexibility index (Phi) is 6.27. The van der Waals surface area contributed by atoms with Crippen molar-refractivity contribution in [1.29, 1.82) is 0 Å². The number of hydrogen-bond donors (Lipinski definition) is 1. The number of pyridine rings is 2. The minimum absolute atomic E-state index is 0.565. The van der Waals surface area contributed by atoms with Crippen LogP contribution in [0.25, 0.3) is 22.5 Å². The Balaban J connectivity index is 1.53. The Hall–Kier alpha value is -4.09. The number of rotatable bonds is 7. The Labute approximate surface area is 203 Å². The van der Waals surface area contributed by atoms with Crippen molar-refractivity contribution in [2.24, 2.45) is 0 Å². The van der Waals surface area contributed by atoms with Gasteiger partial charge in [0, 0.05) is 35.6 Å². The molecule has 0 spiro atoms. The summed E-state index contributed by atoms with van der Waals surface area (Å²) < 4.78 is 8.11. The van der Waals surface area contributed by atoms with E-state index in [2.05, 4.69) is 39.1 Å². The number of benzene rings is 2. The third-order valence-corrected chi connectivity index (χ3v) is 5.85. The number of halogens is 1. The van der Waals surface area contributed by atoms with Crippen LogP contribution in [0, 0.1) is 0 Å². The van der Waals surface area contributed by atoms with Gasteiger partial charge in [0.25, 0.3) is 0 Å². The van der Waals surface area contributed by atoms with Crippen molar-refractivity contribution in [3.8, 4) is 34.1 Å². The number of ether oxygens (including phenoxy) is 1. The molecule has 0 fully saturated rings. The van der Waals surface area contributed by atoms with Crippen LogP contribution in [-0.2, 0) is 6.54 Å². The molecule has 168 valence electrons. The van der Waals surface area contributed by atoms with E-state index in [0.29, 0.717) is 17.4 Å². The average Bonchev–Trinajstić information content (AvgIpc) is 3.28. The quantitative estimate of drug-likeness (QED) is 0.277. The molecule has 5 aromatic rings. The second kappa shape index (κ2) is 9.81. The van der Waals surface area contributed by atoms with Gasteiger partial charge in [-0.15, -0.1) is 0 Å². The Morgan fingerprint density at radius 1 is 0.824 bits per heavy atom. The topological polar surface area (TPSA) is 52.0 Å². The summed E-state index contributed by atoms with van der Waals surface area (Å²) in [7, 11) is 1.87. The number of hydrogen-bond acceptors (Lipinski definition) is 4. The van der Waals surface area contributed by atoms with E-state index in [4.69, 9.17) is 21.3 Å². The van der Waals surface area contributed by atoms with Crippen LogP contribution in [0.3, 0.4) is 0 Å². The van der Waals surface area contributed by atoms with Crippen LogP contribution in [0.15, 0.2) is 103 Å². The van der Waals surface area contributed by atoms with Crippen molar-refractivity contribution < 1.29 is 4.74 Å². The standard InChI is InChI=1S/C28H23ClN4O/c1-30-27-10-6-7-21(32-27)19-33-25(16-17-26(33)23-8-2-3-9-24(23)29)20-12-14-22(15-13-20)34-28-11-4-5-18-31-28/h2-18H,19H2,1H3,(H,30,32). The van der Waals surface area contributed by atoms with Crippen molar-refractivity contribution in [2.75, 3.05) is 12.4 Å². The van der Waals surface area contributed by atoms with E-state index >= 15 is 0 Å². The monoisotopic (exact) mass is 466 g/mol. The third-order valence-electron chi connectivity index (χ3n) is 5.52. The Bertz CT molecular complexity index is 1400. The molecule has 0 amide bonds. The second-order valence-electron chi connectivity index (χ2n) is 7.73. The molecule has 0 atom stereocenters. The molecule has 0 saturated heterocycles. The van der Waals surface area contributed by atoms with Crippen LogP contribution < -0.4 is 10.1 Å². The molecule has 0 aliphatic carbocycles. The van der Waals surface area contributed by atoms with E-state index < -0.39 is 0 Å². The molecule has 1 N–H and O–H groups in total. The molecule has 6 heteroatoms. The summed E-state index contributed by atoms with van der Waals surface area (Å²) in [4.78, 5) is 8.95. The van der Waals surface area contributed by atoms with Gasteiger partial charge in [-0.3, -0.25) is 0 Å². The van der Waals surface area contributed by atoms with E-state index in [1.54, 1.807) is 6.20 Å². The Morgan fingerprint density at radius 3 is 2.38 bits per heavy atom. The minimum Gasteiger partial charge on any atom is -0.439 e. The van der Waals surface area contributed by atoms with Crippen molar-refractivity contribution in [3.05, 3.63) is 114 Å². The average molecular weight is 467 g/mol. The van der Waals surface area contributed by atoms with Crippen molar-refractivity contribution in [1.82, 2.24) is 14.5 Å².